The van der Waals surface area contributed by atoms with Gasteiger partial charge in [-0.1, -0.05) is 12.8 Å². The third kappa shape index (κ3) is 4.57. The smallest absolute Gasteiger partial charge is 0.305 e. The first kappa shape index (κ1) is 17.0. The number of carbonyl (C=O) groups excluding carboxylic acids is 2. The molecule has 22 heavy (non-hydrogen) atoms. The minimum Gasteiger partial charge on any atom is -0.469 e. The van der Waals surface area contributed by atoms with Gasteiger partial charge in [-0.05, 0) is 43.7 Å². The molecule has 0 saturated carbocycles. The van der Waals surface area contributed by atoms with E-state index in [1.807, 2.05) is 0 Å². The molecule has 1 heterocycles. The minimum atomic E-state index is -0.222. The summed E-state index contributed by atoms with van der Waals surface area (Å²) in [5, 5.41) is 0. The van der Waals surface area contributed by atoms with E-state index in [1.54, 1.807) is 23.3 Å². The van der Waals surface area contributed by atoms with Crippen LogP contribution in [0.3, 0.4) is 0 Å². The first-order valence-electron chi connectivity index (χ1n) is 8.05. The lowest BCUT2D eigenvalue weighted by Gasteiger charge is -2.15. The molecular formula is C17H25NO3S. The third-order valence-corrected chi connectivity index (χ3v) is 5.38. The maximum Gasteiger partial charge on any atom is 0.305 e. The van der Waals surface area contributed by atoms with Gasteiger partial charge in [-0.15, -0.1) is 11.3 Å². The standard InChI is InChI=1S/C17H25NO3S/c1-18(11-7-10-16(19)21-2)17(20)15-12-13-8-5-3-4-6-9-14(13)22-15/h12H,3-11H2,1-2H3. The molecule has 0 fully saturated rings. The number of esters is 1. The van der Waals surface area contributed by atoms with Crippen molar-refractivity contribution in [3.63, 3.8) is 0 Å². The van der Waals surface area contributed by atoms with Crippen molar-refractivity contribution in [1.82, 2.24) is 4.90 Å². The van der Waals surface area contributed by atoms with Gasteiger partial charge in [0, 0.05) is 24.9 Å². The van der Waals surface area contributed by atoms with E-state index >= 15 is 0 Å². The number of thiophene rings is 1. The Morgan fingerprint density at radius 3 is 2.68 bits per heavy atom. The van der Waals surface area contributed by atoms with Gasteiger partial charge in [0.25, 0.3) is 5.91 Å². The van der Waals surface area contributed by atoms with Crippen molar-refractivity contribution in [2.75, 3.05) is 20.7 Å². The zero-order valence-corrected chi connectivity index (χ0v) is 14.3. The van der Waals surface area contributed by atoms with Crippen molar-refractivity contribution in [1.29, 1.82) is 0 Å². The number of fused-ring (bicyclic) bond motifs is 1. The first-order chi connectivity index (χ1) is 10.6. The predicted octanol–water partition coefficient (Wildman–Crippen LogP) is 3.43. The van der Waals surface area contributed by atoms with Crippen molar-refractivity contribution in [2.24, 2.45) is 0 Å². The van der Waals surface area contributed by atoms with Crippen molar-refractivity contribution in [3.8, 4) is 0 Å². The first-order valence-corrected chi connectivity index (χ1v) is 8.87. The van der Waals surface area contributed by atoms with Crippen LogP contribution in [0.25, 0.3) is 0 Å². The van der Waals surface area contributed by atoms with Crippen LogP contribution in [-0.4, -0.2) is 37.5 Å². The lowest BCUT2D eigenvalue weighted by atomic mass is 10.00. The van der Waals surface area contributed by atoms with E-state index in [9.17, 15) is 9.59 Å². The Hall–Kier alpha value is -1.36. The summed E-state index contributed by atoms with van der Waals surface area (Å²) in [7, 11) is 3.19. The molecule has 2 rings (SSSR count). The van der Waals surface area contributed by atoms with Crippen LogP contribution in [0.15, 0.2) is 6.07 Å². The van der Waals surface area contributed by atoms with Crippen LogP contribution in [0.4, 0.5) is 0 Å². The normalized spacial score (nSPS) is 14.6. The van der Waals surface area contributed by atoms with E-state index in [0.29, 0.717) is 19.4 Å². The van der Waals surface area contributed by atoms with Crippen LogP contribution < -0.4 is 0 Å². The molecular weight excluding hydrogens is 298 g/mol. The summed E-state index contributed by atoms with van der Waals surface area (Å²) in [4.78, 5) is 27.6. The van der Waals surface area contributed by atoms with E-state index in [-0.39, 0.29) is 11.9 Å². The van der Waals surface area contributed by atoms with E-state index in [0.717, 1.165) is 17.7 Å². The SMILES string of the molecule is COC(=O)CCCN(C)C(=O)c1cc2c(s1)CCCCCC2. The van der Waals surface area contributed by atoms with Gasteiger partial charge in [0.1, 0.15) is 0 Å². The minimum absolute atomic E-state index is 0.0709. The Balaban J connectivity index is 1.94. The van der Waals surface area contributed by atoms with Crippen LogP contribution in [0.1, 0.15) is 58.6 Å². The summed E-state index contributed by atoms with van der Waals surface area (Å²) in [6.45, 7) is 0.580. The summed E-state index contributed by atoms with van der Waals surface area (Å²) < 4.78 is 4.62. The average Bonchev–Trinajstić information content (AvgIpc) is 2.88. The van der Waals surface area contributed by atoms with Gasteiger partial charge in [-0.3, -0.25) is 9.59 Å². The number of rotatable bonds is 5. The highest BCUT2D eigenvalue weighted by atomic mass is 32.1. The molecule has 1 aliphatic carbocycles. The highest BCUT2D eigenvalue weighted by molar-refractivity contribution is 7.14. The second-order valence-electron chi connectivity index (χ2n) is 5.88. The number of nitrogens with zero attached hydrogens (tertiary/aromatic N) is 1. The fourth-order valence-electron chi connectivity index (χ4n) is 2.80. The van der Waals surface area contributed by atoms with Crippen molar-refractivity contribution in [3.05, 3.63) is 21.4 Å². The zero-order chi connectivity index (χ0) is 15.9. The molecule has 1 aliphatic rings. The Morgan fingerprint density at radius 2 is 1.95 bits per heavy atom. The third-order valence-electron chi connectivity index (χ3n) is 4.16. The van der Waals surface area contributed by atoms with Gasteiger partial charge in [-0.25, -0.2) is 0 Å². The molecule has 0 unspecified atom stereocenters. The molecule has 0 spiro atoms. The number of amides is 1. The molecule has 1 aromatic rings. The highest BCUT2D eigenvalue weighted by Crippen LogP contribution is 2.29. The second kappa shape index (κ2) is 8.32. The summed E-state index contributed by atoms with van der Waals surface area (Å²) >= 11 is 1.66. The Kier molecular flexibility index (Phi) is 6.43. The van der Waals surface area contributed by atoms with Gasteiger partial charge >= 0.3 is 5.97 Å². The van der Waals surface area contributed by atoms with Crippen LogP contribution in [0.5, 0.6) is 0 Å². The monoisotopic (exact) mass is 323 g/mol. The van der Waals surface area contributed by atoms with E-state index in [4.69, 9.17) is 0 Å². The van der Waals surface area contributed by atoms with Crippen LogP contribution in [-0.2, 0) is 22.4 Å². The predicted molar refractivity (Wildman–Crippen MR) is 88.4 cm³/mol. The number of aryl methyl sites for hydroxylation is 2. The number of hydrogen-bond donors (Lipinski definition) is 0. The van der Waals surface area contributed by atoms with Gasteiger partial charge < -0.3 is 9.64 Å². The second-order valence-corrected chi connectivity index (χ2v) is 7.02. The Bertz CT molecular complexity index is 498. The summed E-state index contributed by atoms with van der Waals surface area (Å²) in [5.74, 6) is -0.151. The van der Waals surface area contributed by atoms with Crippen molar-refractivity contribution >= 4 is 23.2 Å². The topological polar surface area (TPSA) is 46.6 Å². The zero-order valence-electron chi connectivity index (χ0n) is 13.5. The lowest BCUT2D eigenvalue weighted by molar-refractivity contribution is -0.140. The van der Waals surface area contributed by atoms with Crippen LogP contribution >= 0.6 is 11.3 Å². The molecule has 0 atom stereocenters. The Labute approximate surface area is 136 Å². The highest BCUT2D eigenvalue weighted by Gasteiger charge is 2.18. The van der Waals surface area contributed by atoms with Gasteiger partial charge in [-0.2, -0.15) is 0 Å². The summed E-state index contributed by atoms with van der Waals surface area (Å²) in [6, 6.07) is 2.09. The van der Waals surface area contributed by atoms with Gasteiger partial charge in [0.2, 0.25) is 0 Å². The summed E-state index contributed by atoms with van der Waals surface area (Å²) in [6.07, 6.45) is 8.27. The summed E-state index contributed by atoms with van der Waals surface area (Å²) in [5.41, 5.74) is 1.37. The number of hydrogen-bond acceptors (Lipinski definition) is 4. The molecule has 5 heteroatoms. The molecule has 4 nitrogen and oxygen atoms in total. The van der Waals surface area contributed by atoms with E-state index in [1.165, 1.54) is 43.2 Å². The lowest BCUT2D eigenvalue weighted by Crippen LogP contribution is -2.27. The average molecular weight is 323 g/mol. The van der Waals surface area contributed by atoms with Crippen LogP contribution in [0.2, 0.25) is 0 Å². The molecule has 1 aromatic heterocycles. The largest absolute Gasteiger partial charge is 0.469 e. The van der Waals surface area contributed by atoms with E-state index in [2.05, 4.69) is 10.8 Å². The molecule has 122 valence electrons. The number of carbonyl (C=O) groups is 2. The fourth-order valence-corrected chi connectivity index (χ4v) is 4.05. The molecule has 0 radical (unpaired) electrons. The number of ether oxygens (including phenoxy) is 1. The Morgan fingerprint density at radius 1 is 1.23 bits per heavy atom. The van der Waals surface area contributed by atoms with Crippen LogP contribution in [0, 0.1) is 0 Å². The fraction of sp³-hybridized carbons (Fsp3) is 0.647. The van der Waals surface area contributed by atoms with Crippen molar-refractivity contribution in [2.45, 2.75) is 51.4 Å². The maximum atomic E-state index is 12.5. The maximum absolute atomic E-state index is 12.5. The van der Waals surface area contributed by atoms with Crippen molar-refractivity contribution < 1.29 is 14.3 Å². The number of methoxy groups -OCH3 is 1. The van der Waals surface area contributed by atoms with Gasteiger partial charge in [0.05, 0.1) is 12.0 Å². The van der Waals surface area contributed by atoms with Gasteiger partial charge in [0.15, 0.2) is 0 Å². The quantitative estimate of drug-likeness (QED) is 0.780. The molecule has 0 bridgehead atoms. The van der Waals surface area contributed by atoms with E-state index < -0.39 is 0 Å². The molecule has 1 amide bonds. The molecule has 0 N–H and O–H groups in total. The molecule has 0 saturated heterocycles. The molecule has 0 aromatic carbocycles. The molecule has 0 aliphatic heterocycles.